The Morgan fingerprint density at radius 2 is 1.96 bits per heavy atom. The number of aromatic nitrogens is 4. The van der Waals surface area contributed by atoms with Crippen LogP contribution in [0.3, 0.4) is 0 Å². The fraction of sp³-hybridized carbons (Fsp3) is 0.263. The molecule has 0 aliphatic carbocycles. The summed E-state index contributed by atoms with van der Waals surface area (Å²) in [6.45, 7) is 1.75. The summed E-state index contributed by atoms with van der Waals surface area (Å²) in [5, 5.41) is 9.48. The molecule has 28 heavy (non-hydrogen) atoms. The summed E-state index contributed by atoms with van der Waals surface area (Å²) in [7, 11) is 3.03. The third-order valence-corrected chi connectivity index (χ3v) is 4.16. The van der Waals surface area contributed by atoms with Gasteiger partial charge < -0.3 is 14.0 Å². The third-order valence-electron chi connectivity index (χ3n) is 4.16. The van der Waals surface area contributed by atoms with E-state index in [-0.39, 0.29) is 29.6 Å². The molecule has 0 radical (unpaired) electrons. The minimum atomic E-state index is -0.316. The lowest BCUT2D eigenvalue weighted by Gasteiger charge is -2.11. The van der Waals surface area contributed by atoms with E-state index in [0.717, 1.165) is 11.3 Å². The third kappa shape index (κ3) is 4.56. The molecule has 0 aliphatic heterocycles. The summed E-state index contributed by atoms with van der Waals surface area (Å²) < 4.78 is 11.8. The van der Waals surface area contributed by atoms with Crippen molar-refractivity contribution in [3.8, 4) is 11.5 Å². The van der Waals surface area contributed by atoms with E-state index in [9.17, 15) is 9.59 Å². The number of anilines is 1. The van der Waals surface area contributed by atoms with Crippen molar-refractivity contribution in [2.75, 3.05) is 19.5 Å². The van der Waals surface area contributed by atoms with Crippen LogP contribution in [0.1, 0.15) is 17.1 Å². The number of benzene rings is 1. The van der Waals surface area contributed by atoms with E-state index in [1.807, 2.05) is 24.3 Å². The molecule has 0 saturated heterocycles. The zero-order chi connectivity index (χ0) is 20.1. The van der Waals surface area contributed by atoms with Crippen molar-refractivity contribution < 1.29 is 14.3 Å². The summed E-state index contributed by atoms with van der Waals surface area (Å²) in [5.41, 5.74) is 1.45. The molecule has 3 aromatic rings. The molecular formula is C19H21N5O4. The van der Waals surface area contributed by atoms with Crippen molar-refractivity contribution in [3.05, 3.63) is 63.8 Å². The van der Waals surface area contributed by atoms with Crippen LogP contribution in [-0.4, -0.2) is 39.9 Å². The number of methoxy groups -OCH3 is 2. The van der Waals surface area contributed by atoms with Crippen LogP contribution >= 0.6 is 0 Å². The molecule has 0 spiro atoms. The van der Waals surface area contributed by atoms with Gasteiger partial charge in [0.1, 0.15) is 18.1 Å². The second-order valence-electron chi connectivity index (χ2n) is 6.15. The van der Waals surface area contributed by atoms with Crippen LogP contribution in [0.4, 0.5) is 5.95 Å². The molecule has 3 rings (SSSR count). The number of rotatable bonds is 7. The molecule has 0 bridgehead atoms. The first-order valence-electron chi connectivity index (χ1n) is 8.57. The predicted octanol–water partition coefficient (Wildman–Crippen LogP) is 1.52. The van der Waals surface area contributed by atoms with Gasteiger partial charge in [-0.25, -0.2) is 0 Å². The van der Waals surface area contributed by atoms with Gasteiger partial charge in [-0.3, -0.25) is 20.0 Å². The summed E-state index contributed by atoms with van der Waals surface area (Å²) in [4.78, 5) is 28.3. The average Bonchev–Trinajstić information content (AvgIpc) is 3.11. The average molecular weight is 383 g/mol. The molecule has 0 unspecified atom stereocenters. The minimum Gasteiger partial charge on any atom is -0.497 e. The lowest BCUT2D eigenvalue weighted by atomic mass is 10.1. The summed E-state index contributed by atoms with van der Waals surface area (Å²) in [6, 6.07) is 9.04. The Kier molecular flexibility index (Phi) is 5.73. The molecule has 0 atom stereocenters. The maximum Gasteiger partial charge on any atom is 0.248 e. The van der Waals surface area contributed by atoms with Crippen LogP contribution in [-0.2, 0) is 17.8 Å². The van der Waals surface area contributed by atoms with Crippen molar-refractivity contribution in [3.63, 3.8) is 0 Å². The van der Waals surface area contributed by atoms with E-state index in [0.29, 0.717) is 17.9 Å². The van der Waals surface area contributed by atoms with E-state index in [1.54, 1.807) is 18.6 Å². The van der Waals surface area contributed by atoms with Crippen LogP contribution in [0, 0.1) is 6.92 Å². The molecule has 9 nitrogen and oxygen atoms in total. The number of carbonyl (C=O) groups excluding carboxylic acids is 1. The van der Waals surface area contributed by atoms with Crippen molar-refractivity contribution in [2.45, 2.75) is 19.9 Å². The first-order valence-corrected chi connectivity index (χ1v) is 8.57. The van der Waals surface area contributed by atoms with Gasteiger partial charge in [-0.2, -0.15) is 4.98 Å². The molecule has 0 saturated carbocycles. The van der Waals surface area contributed by atoms with E-state index in [2.05, 4.69) is 20.5 Å². The lowest BCUT2D eigenvalue weighted by molar-refractivity contribution is -0.116. The Morgan fingerprint density at radius 1 is 1.21 bits per heavy atom. The van der Waals surface area contributed by atoms with Gasteiger partial charge in [0, 0.05) is 18.2 Å². The lowest BCUT2D eigenvalue weighted by Crippen LogP contribution is -2.22. The Bertz CT molecular complexity index is 1020. The van der Waals surface area contributed by atoms with Crippen molar-refractivity contribution in [1.82, 2.24) is 19.7 Å². The highest BCUT2D eigenvalue weighted by molar-refractivity contribution is 5.88. The maximum absolute atomic E-state index is 12.3. The summed E-state index contributed by atoms with van der Waals surface area (Å²) in [5.74, 6) is 1.46. The smallest absolute Gasteiger partial charge is 0.248 e. The number of carbonyl (C=O) groups is 1. The molecule has 1 aromatic carbocycles. The number of hydrogen-bond donors (Lipinski definition) is 2. The van der Waals surface area contributed by atoms with Crippen LogP contribution < -0.4 is 20.2 Å². The fourth-order valence-corrected chi connectivity index (χ4v) is 2.66. The highest BCUT2D eigenvalue weighted by Gasteiger charge is 2.11. The second-order valence-corrected chi connectivity index (χ2v) is 6.15. The predicted molar refractivity (Wildman–Crippen MR) is 103 cm³/mol. The highest BCUT2D eigenvalue weighted by Crippen LogP contribution is 2.14. The van der Waals surface area contributed by atoms with Gasteiger partial charge in [-0.15, -0.1) is 5.10 Å². The zero-order valence-corrected chi connectivity index (χ0v) is 15.9. The number of aromatic amines is 1. The van der Waals surface area contributed by atoms with Gasteiger partial charge in [0.2, 0.25) is 17.3 Å². The van der Waals surface area contributed by atoms with Gasteiger partial charge >= 0.3 is 0 Å². The normalized spacial score (nSPS) is 10.5. The molecule has 9 heteroatoms. The number of nitrogens with one attached hydrogen (secondary N) is 2. The van der Waals surface area contributed by atoms with Crippen molar-refractivity contribution in [1.29, 1.82) is 0 Å². The minimum absolute atomic E-state index is 0.00479. The zero-order valence-electron chi connectivity index (χ0n) is 15.9. The standard InChI is InChI=1S/C19H21N5O4/c1-12-8-15(25)16(28-3)10-24(12)11-18(26)21-19-20-17(22-23-19)9-13-4-6-14(27-2)7-5-13/h4-8,10H,9,11H2,1-3H3,(H2,20,21,22,23,26). The SMILES string of the molecule is COc1ccc(Cc2nc(NC(=O)Cn3cc(OC)c(=O)cc3C)n[nH]2)cc1. The first kappa shape index (κ1) is 19.2. The van der Waals surface area contributed by atoms with Crippen LogP contribution in [0.5, 0.6) is 11.5 Å². The van der Waals surface area contributed by atoms with E-state index < -0.39 is 0 Å². The maximum atomic E-state index is 12.3. The molecular weight excluding hydrogens is 362 g/mol. The molecule has 146 valence electrons. The number of hydrogen-bond acceptors (Lipinski definition) is 6. The Balaban J connectivity index is 1.63. The number of aryl methyl sites for hydroxylation is 1. The molecule has 0 aliphatic rings. The Labute approximate surface area is 161 Å². The Hall–Kier alpha value is -3.62. The first-order chi connectivity index (χ1) is 13.5. The summed E-state index contributed by atoms with van der Waals surface area (Å²) in [6.07, 6.45) is 2.05. The topological polar surface area (TPSA) is 111 Å². The molecule has 1 amide bonds. The van der Waals surface area contributed by atoms with Gasteiger partial charge in [-0.1, -0.05) is 12.1 Å². The van der Waals surface area contributed by atoms with Crippen LogP contribution in [0.2, 0.25) is 0 Å². The molecule has 2 N–H and O–H groups in total. The molecule has 2 heterocycles. The number of nitrogens with zero attached hydrogens (tertiary/aromatic N) is 3. The molecule has 0 fully saturated rings. The summed E-state index contributed by atoms with van der Waals surface area (Å²) >= 11 is 0. The quantitative estimate of drug-likeness (QED) is 0.640. The van der Waals surface area contributed by atoms with Gasteiger partial charge in [0.15, 0.2) is 5.75 Å². The van der Waals surface area contributed by atoms with Crippen LogP contribution in [0.25, 0.3) is 0 Å². The van der Waals surface area contributed by atoms with Gasteiger partial charge in [-0.05, 0) is 24.6 Å². The van der Waals surface area contributed by atoms with Crippen molar-refractivity contribution in [2.24, 2.45) is 0 Å². The second kappa shape index (κ2) is 8.38. The fourth-order valence-electron chi connectivity index (χ4n) is 2.66. The number of ether oxygens (including phenoxy) is 2. The van der Waals surface area contributed by atoms with Crippen LogP contribution in [0.15, 0.2) is 41.3 Å². The van der Waals surface area contributed by atoms with E-state index in [4.69, 9.17) is 9.47 Å². The number of pyridine rings is 1. The Morgan fingerprint density at radius 3 is 2.64 bits per heavy atom. The number of amides is 1. The highest BCUT2D eigenvalue weighted by atomic mass is 16.5. The van der Waals surface area contributed by atoms with Gasteiger partial charge in [0.25, 0.3) is 0 Å². The van der Waals surface area contributed by atoms with E-state index >= 15 is 0 Å². The molecule has 2 aromatic heterocycles. The van der Waals surface area contributed by atoms with E-state index in [1.165, 1.54) is 19.4 Å². The number of H-pyrrole nitrogens is 1. The van der Waals surface area contributed by atoms with Crippen molar-refractivity contribution >= 4 is 11.9 Å². The van der Waals surface area contributed by atoms with Gasteiger partial charge in [0.05, 0.1) is 20.4 Å². The monoisotopic (exact) mass is 383 g/mol. The largest absolute Gasteiger partial charge is 0.497 e.